The van der Waals surface area contributed by atoms with E-state index < -0.39 is 0 Å². The number of hydrogen-bond acceptors (Lipinski definition) is 3. The number of aromatic nitrogens is 1. The number of benzene rings is 1. The second kappa shape index (κ2) is 7.25. The number of ketones is 1. The van der Waals surface area contributed by atoms with E-state index in [0.29, 0.717) is 22.0 Å². The molecule has 3 nitrogen and oxygen atoms in total. The van der Waals surface area contributed by atoms with Gasteiger partial charge in [-0.15, -0.1) is 0 Å². The Balaban J connectivity index is 2.17. The molecular formula is C16H14Cl2N2O. The second-order valence-electron chi connectivity index (χ2n) is 4.38. The van der Waals surface area contributed by atoms with Gasteiger partial charge in [0.2, 0.25) is 0 Å². The zero-order valence-corrected chi connectivity index (χ0v) is 12.9. The number of rotatable bonds is 5. The van der Waals surface area contributed by atoms with Crippen LogP contribution in [0.2, 0.25) is 10.0 Å². The molecular weight excluding hydrogens is 307 g/mol. The quantitative estimate of drug-likeness (QED) is 0.624. The first-order valence-electron chi connectivity index (χ1n) is 6.47. The molecule has 0 amide bonds. The second-order valence-corrected chi connectivity index (χ2v) is 5.19. The SMILES string of the molecule is CC/C(=C/C(=O)c1ccncc1)Nc1ccc(Cl)c(Cl)c1. The zero-order chi connectivity index (χ0) is 15.2. The lowest BCUT2D eigenvalue weighted by molar-refractivity contribution is 0.104. The Morgan fingerprint density at radius 1 is 1.19 bits per heavy atom. The Kier molecular flexibility index (Phi) is 5.37. The van der Waals surface area contributed by atoms with E-state index >= 15 is 0 Å². The van der Waals surface area contributed by atoms with Crippen LogP contribution in [0.3, 0.4) is 0 Å². The third-order valence-corrected chi connectivity index (χ3v) is 3.61. The van der Waals surface area contributed by atoms with Gasteiger partial charge in [0.15, 0.2) is 5.78 Å². The van der Waals surface area contributed by atoms with Crippen molar-refractivity contribution in [3.63, 3.8) is 0 Å². The predicted octanol–water partition coefficient (Wildman–Crippen LogP) is 4.98. The van der Waals surface area contributed by atoms with Crippen molar-refractivity contribution in [3.8, 4) is 0 Å². The van der Waals surface area contributed by atoms with Crippen LogP contribution in [0.25, 0.3) is 0 Å². The number of carbonyl (C=O) groups is 1. The highest BCUT2D eigenvalue weighted by molar-refractivity contribution is 6.42. The molecule has 108 valence electrons. The average Bonchev–Trinajstić information content (AvgIpc) is 2.51. The van der Waals surface area contributed by atoms with Gasteiger partial charge in [0.05, 0.1) is 10.0 Å². The molecule has 0 spiro atoms. The molecule has 0 atom stereocenters. The van der Waals surface area contributed by atoms with Gasteiger partial charge in [-0.25, -0.2) is 0 Å². The van der Waals surface area contributed by atoms with Gasteiger partial charge < -0.3 is 5.32 Å². The van der Waals surface area contributed by atoms with Crippen LogP contribution in [0.5, 0.6) is 0 Å². The summed E-state index contributed by atoms with van der Waals surface area (Å²) in [4.78, 5) is 16.0. The van der Waals surface area contributed by atoms with Gasteiger partial charge in [0.25, 0.3) is 0 Å². The first-order valence-corrected chi connectivity index (χ1v) is 7.22. The first kappa shape index (κ1) is 15.5. The van der Waals surface area contributed by atoms with Gasteiger partial charge in [-0.1, -0.05) is 30.1 Å². The molecule has 0 aliphatic heterocycles. The summed E-state index contributed by atoms with van der Waals surface area (Å²) in [5, 5.41) is 4.15. The van der Waals surface area contributed by atoms with Crippen molar-refractivity contribution in [3.05, 3.63) is 70.1 Å². The lowest BCUT2D eigenvalue weighted by Crippen LogP contribution is -2.03. The molecule has 0 aliphatic rings. The van der Waals surface area contributed by atoms with Crippen molar-refractivity contribution in [2.75, 3.05) is 5.32 Å². The highest BCUT2D eigenvalue weighted by Gasteiger charge is 2.05. The number of halogens is 2. The van der Waals surface area contributed by atoms with Crippen molar-refractivity contribution in [1.82, 2.24) is 4.98 Å². The summed E-state index contributed by atoms with van der Waals surface area (Å²) in [5.74, 6) is -0.0678. The summed E-state index contributed by atoms with van der Waals surface area (Å²) in [5.41, 5.74) is 2.20. The molecule has 0 aliphatic carbocycles. The molecule has 21 heavy (non-hydrogen) atoms. The Hall–Kier alpha value is -1.84. The first-order chi connectivity index (χ1) is 10.1. The lowest BCUT2D eigenvalue weighted by Gasteiger charge is -2.10. The van der Waals surface area contributed by atoms with E-state index in [-0.39, 0.29) is 5.78 Å². The molecule has 0 saturated carbocycles. The van der Waals surface area contributed by atoms with Crippen LogP contribution in [0.4, 0.5) is 5.69 Å². The van der Waals surface area contributed by atoms with Crippen LogP contribution in [-0.4, -0.2) is 10.8 Å². The van der Waals surface area contributed by atoms with E-state index in [1.54, 1.807) is 42.7 Å². The monoisotopic (exact) mass is 320 g/mol. The smallest absolute Gasteiger partial charge is 0.187 e. The maximum atomic E-state index is 12.1. The minimum Gasteiger partial charge on any atom is -0.359 e. The average molecular weight is 321 g/mol. The van der Waals surface area contributed by atoms with Crippen LogP contribution >= 0.6 is 23.2 Å². The van der Waals surface area contributed by atoms with Gasteiger partial charge in [0.1, 0.15) is 0 Å². The van der Waals surface area contributed by atoms with E-state index in [1.807, 2.05) is 13.0 Å². The number of anilines is 1. The van der Waals surface area contributed by atoms with Gasteiger partial charge in [-0.2, -0.15) is 0 Å². The summed E-state index contributed by atoms with van der Waals surface area (Å²) in [7, 11) is 0. The molecule has 1 aromatic heterocycles. The number of nitrogens with zero attached hydrogens (tertiary/aromatic N) is 1. The van der Waals surface area contributed by atoms with Crippen LogP contribution in [0, 0.1) is 0 Å². The third kappa shape index (κ3) is 4.31. The molecule has 1 N–H and O–H groups in total. The van der Waals surface area contributed by atoms with Crippen molar-refractivity contribution in [2.45, 2.75) is 13.3 Å². The van der Waals surface area contributed by atoms with Gasteiger partial charge >= 0.3 is 0 Å². The van der Waals surface area contributed by atoms with E-state index in [9.17, 15) is 4.79 Å². The summed E-state index contributed by atoms with van der Waals surface area (Å²) >= 11 is 11.9. The van der Waals surface area contributed by atoms with Gasteiger partial charge in [0, 0.05) is 35.4 Å². The predicted molar refractivity (Wildman–Crippen MR) is 87.0 cm³/mol. The van der Waals surface area contributed by atoms with Crippen LogP contribution in [0.15, 0.2) is 54.5 Å². The van der Waals surface area contributed by atoms with E-state index in [1.165, 1.54) is 0 Å². The lowest BCUT2D eigenvalue weighted by atomic mass is 10.1. The van der Waals surface area contributed by atoms with Crippen LogP contribution < -0.4 is 5.32 Å². The van der Waals surface area contributed by atoms with Crippen molar-refractivity contribution < 1.29 is 4.79 Å². The normalized spacial score (nSPS) is 11.3. The van der Waals surface area contributed by atoms with Crippen molar-refractivity contribution in [1.29, 1.82) is 0 Å². The Morgan fingerprint density at radius 3 is 2.52 bits per heavy atom. The largest absolute Gasteiger partial charge is 0.359 e. The molecule has 0 radical (unpaired) electrons. The molecule has 0 fully saturated rings. The van der Waals surface area contributed by atoms with Crippen molar-refractivity contribution >= 4 is 34.7 Å². The van der Waals surface area contributed by atoms with Crippen molar-refractivity contribution in [2.24, 2.45) is 0 Å². The van der Waals surface area contributed by atoms with E-state index in [4.69, 9.17) is 23.2 Å². The fraction of sp³-hybridized carbons (Fsp3) is 0.125. The molecule has 0 bridgehead atoms. The van der Waals surface area contributed by atoms with Crippen LogP contribution in [0.1, 0.15) is 23.7 Å². The highest BCUT2D eigenvalue weighted by atomic mass is 35.5. The number of hydrogen-bond donors (Lipinski definition) is 1. The molecule has 5 heteroatoms. The standard InChI is InChI=1S/C16H14Cl2N2O/c1-2-12(10-16(21)11-5-7-19-8-6-11)20-13-3-4-14(17)15(18)9-13/h3-10,20H,2H2,1H3/b12-10-. The summed E-state index contributed by atoms with van der Waals surface area (Å²) in [6, 6.07) is 8.62. The number of carbonyl (C=O) groups excluding carboxylic acids is 1. The molecule has 0 saturated heterocycles. The summed E-state index contributed by atoms with van der Waals surface area (Å²) < 4.78 is 0. The Bertz CT molecular complexity index is 669. The maximum Gasteiger partial charge on any atom is 0.187 e. The highest BCUT2D eigenvalue weighted by Crippen LogP contribution is 2.26. The topological polar surface area (TPSA) is 42.0 Å². The van der Waals surface area contributed by atoms with E-state index in [0.717, 1.165) is 11.4 Å². The third-order valence-electron chi connectivity index (χ3n) is 2.88. The fourth-order valence-corrected chi connectivity index (χ4v) is 2.04. The summed E-state index contributed by atoms with van der Waals surface area (Å²) in [6.45, 7) is 1.97. The number of allylic oxidation sites excluding steroid dienone is 2. The Morgan fingerprint density at radius 2 is 1.90 bits per heavy atom. The summed E-state index contributed by atoms with van der Waals surface area (Å²) in [6.07, 6.45) is 5.47. The van der Waals surface area contributed by atoms with E-state index in [2.05, 4.69) is 10.3 Å². The molecule has 1 aromatic carbocycles. The molecule has 1 heterocycles. The van der Waals surface area contributed by atoms with Gasteiger partial charge in [-0.05, 0) is 36.8 Å². The molecule has 2 aromatic rings. The minimum absolute atomic E-state index is 0.0678. The maximum absolute atomic E-state index is 12.1. The molecule has 0 unspecified atom stereocenters. The Labute approximate surface area is 133 Å². The van der Waals surface area contributed by atoms with Crippen LogP contribution in [-0.2, 0) is 0 Å². The molecule has 2 rings (SSSR count). The van der Waals surface area contributed by atoms with Gasteiger partial charge in [-0.3, -0.25) is 9.78 Å². The number of nitrogens with one attached hydrogen (secondary N) is 1. The zero-order valence-electron chi connectivity index (χ0n) is 11.4. The minimum atomic E-state index is -0.0678. The number of pyridine rings is 1. The fourth-order valence-electron chi connectivity index (χ4n) is 1.74.